The molecular formula is C16H25N3O. The third-order valence-corrected chi connectivity index (χ3v) is 3.99. The summed E-state index contributed by atoms with van der Waals surface area (Å²) in [4.78, 5) is 14.2. The van der Waals surface area contributed by atoms with Crippen LogP contribution < -0.4 is 16.0 Å². The van der Waals surface area contributed by atoms with Crippen molar-refractivity contribution in [2.75, 3.05) is 18.0 Å². The number of hydrogen-bond donors (Lipinski definition) is 2. The van der Waals surface area contributed by atoms with E-state index in [9.17, 15) is 4.79 Å². The van der Waals surface area contributed by atoms with Gasteiger partial charge in [-0.25, -0.2) is 0 Å². The van der Waals surface area contributed by atoms with Crippen LogP contribution in [0.1, 0.15) is 26.3 Å². The average Bonchev–Trinajstić information content (AvgIpc) is 2.38. The molecule has 20 heavy (non-hydrogen) atoms. The molecule has 0 aromatic heterocycles. The first-order valence-corrected chi connectivity index (χ1v) is 7.35. The summed E-state index contributed by atoms with van der Waals surface area (Å²) in [5.41, 5.74) is 8.46. The normalized spacial score (nSPS) is 19.6. The SMILES string of the molecule is CC(C)C(C)NC(=O)CN1CC(N)Cc2ccccc21. The van der Waals surface area contributed by atoms with Crippen LogP contribution in [0.3, 0.4) is 0 Å². The number of carbonyl (C=O) groups excluding carboxylic acids is 1. The molecule has 1 heterocycles. The molecule has 0 saturated carbocycles. The number of benzene rings is 1. The maximum atomic E-state index is 12.1. The first-order valence-electron chi connectivity index (χ1n) is 7.35. The highest BCUT2D eigenvalue weighted by atomic mass is 16.2. The Morgan fingerprint density at radius 2 is 2.10 bits per heavy atom. The Labute approximate surface area is 121 Å². The minimum Gasteiger partial charge on any atom is -0.360 e. The predicted molar refractivity (Wildman–Crippen MR) is 82.8 cm³/mol. The van der Waals surface area contributed by atoms with E-state index in [1.807, 2.05) is 19.1 Å². The Morgan fingerprint density at radius 1 is 1.40 bits per heavy atom. The van der Waals surface area contributed by atoms with Crippen molar-refractivity contribution in [2.24, 2.45) is 11.7 Å². The van der Waals surface area contributed by atoms with E-state index in [1.54, 1.807) is 0 Å². The average molecular weight is 275 g/mol. The van der Waals surface area contributed by atoms with Crippen LogP contribution in [0.15, 0.2) is 24.3 Å². The number of carbonyl (C=O) groups is 1. The zero-order valence-corrected chi connectivity index (χ0v) is 12.6. The highest BCUT2D eigenvalue weighted by molar-refractivity contribution is 5.82. The van der Waals surface area contributed by atoms with Crippen molar-refractivity contribution in [3.8, 4) is 0 Å². The second-order valence-corrected chi connectivity index (χ2v) is 6.07. The van der Waals surface area contributed by atoms with E-state index in [4.69, 9.17) is 5.73 Å². The van der Waals surface area contributed by atoms with E-state index in [-0.39, 0.29) is 18.0 Å². The van der Waals surface area contributed by atoms with Gasteiger partial charge in [0.15, 0.2) is 0 Å². The van der Waals surface area contributed by atoms with Gasteiger partial charge in [0.1, 0.15) is 0 Å². The lowest BCUT2D eigenvalue weighted by Crippen LogP contribution is -2.49. The van der Waals surface area contributed by atoms with Crippen molar-refractivity contribution < 1.29 is 4.79 Å². The summed E-state index contributed by atoms with van der Waals surface area (Å²) in [5, 5.41) is 3.05. The van der Waals surface area contributed by atoms with Gasteiger partial charge in [0.2, 0.25) is 5.91 Å². The number of nitrogens with zero attached hydrogens (tertiary/aromatic N) is 1. The fourth-order valence-electron chi connectivity index (χ4n) is 2.51. The molecule has 1 aromatic rings. The summed E-state index contributed by atoms with van der Waals surface area (Å²) in [5.74, 6) is 0.505. The zero-order chi connectivity index (χ0) is 14.7. The lowest BCUT2D eigenvalue weighted by Gasteiger charge is -2.34. The molecule has 1 amide bonds. The second kappa shape index (κ2) is 6.27. The van der Waals surface area contributed by atoms with E-state index in [0.717, 1.165) is 18.7 Å². The number of para-hydroxylation sites is 1. The van der Waals surface area contributed by atoms with Crippen LogP contribution in [0.2, 0.25) is 0 Å². The summed E-state index contributed by atoms with van der Waals surface area (Å²) >= 11 is 0. The summed E-state index contributed by atoms with van der Waals surface area (Å²) in [7, 11) is 0. The molecule has 2 rings (SSSR count). The van der Waals surface area contributed by atoms with Gasteiger partial charge < -0.3 is 16.0 Å². The summed E-state index contributed by atoms with van der Waals surface area (Å²) in [6.07, 6.45) is 0.886. The third-order valence-electron chi connectivity index (χ3n) is 3.99. The van der Waals surface area contributed by atoms with Crippen molar-refractivity contribution in [3.63, 3.8) is 0 Å². The minimum absolute atomic E-state index is 0.0649. The minimum atomic E-state index is 0.0649. The molecule has 4 nitrogen and oxygen atoms in total. The molecule has 0 spiro atoms. The molecule has 0 radical (unpaired) electrons. The van der Waals surface area contributed by atoms with Crippen LogP contribution in [-0.4, -0.2) is 31.1 Å². The Balaban J connectivity index is 2.04. The van der Waals surface area contributed by atoms with Gasteiger partial charge in [0, 0.05) is 24.3 Å². The smallest absolute Gasteiger partial charge is 0.239 e. The highest BCUT2D eigenvalue weighted by Gasteiger charge is 2.23. The molecule has 110 valence electrons. The van der Waals surface area contributed by atoms with Crippen LogP contribution >= 0.6 is 0 Å². The van der Waals surface area contributed by atoms with E-state index in [0.29, 0.717) is 12.5 Å². The van der Waals surface area contributed by atoms with Crippen LogP contribution in [0, 0.1) is 5.92 Å². The van der Waals surface area contributed by atoms with Crippen LogP contribution in [-0.2, 0) is 11.2 Å². The number of fused-ring (bicyclic) bond motifs is 1. The van der Waals surface area contributed by atoms with Crippen molar-refractivity contribution in [3.05, 3.63) is 29.8 Å². The molecule has 0 saturated heterocycles. The van der Waals surface area contributed by atoms with Crippen molar-refractivity contribution in [1.29, 1.82) is 0 Å². The lowest BCUT2D eigenvalue weighted by atomic mass is 9.98. The van der Waals surface area contributed by atoms with Crippen molar-refractivity contribution in [1.82, 2.24) is 5.32 Å². The first-order chi connectivity index (χ1) is 9.47. The second-order valence-electron chi connectivity index (χ2n) is 6.07. The fourth-order valence-corrected chi connectivity index (χ4v) is 2.51. The van der Waals surface area contributed by atoms with Crippen LogP contribution in [0.5, 0.6) is 0 Å². The number of amides is 1. The van der Waals surface area contributed by atoms with Gasteiger partial charge in [0.25, 0.3) is 0 Å². The zero-order valence-electron chi connectivity index (χ0n) is 12.6. The van der Waals surface area contributed by atoms with Gasteiger partial charge in [-0.2, -0.15) is 0 Å². The Kier molecular flexibility index (Phi) is 4.65. The van der Waals surface area contributed by atoms with Gasteiger partial charge in [0.05, 0.1) is 6.54 Å². The number of hydrogen-bond acceptors (Lipinski definition) is 3. The summed E-state index contributed by atoms with van der Waals surface area (Å²) in [6, 6.07) is 8.49. The van der Waals surface area contributed by atoms with Gasteiger partial charge in [-0.15, -0.1) is 0 Å². The number of rotatable bonds is 4. The number of nitrogens with one attached hydrogen (secondary N) is 1. The van der Waals surface area contributed by atoms with Gasteiger partial charge in [-0.1, -0.05) is 32.0 Å². The standard InChI is InChI=1S/C16H25N3O/c1-11(2)12(3)18-16(20)10-19-9-14(17)8-13-6-4-5-7-15(13)19/h4-7,11-12,14H,8-10,17H2,1-3H3,(H,18,20). The molecule has 1 aliphatic rings. The molecule has 0 aliphatic carbocycles. The van der Waals surface area contributed by atoms with Crippen molar-refractivity contribution in [2.45, 2.75) is 39.3 Å². The van der Waals surface area contributed by atoms with E-state index < -0.39 is 0 Å². The molecule has 3 N–H and O–H groups in total. The quantitative estimate of drug-likeness (QED) is 0.876. The molecule has 2 atom stereocenters. The van der Waals surface area contributed by atoms with Crippen LogP contribution in [0.4, 0.5) is 5.69 Å². The van der Waals surface area contributed by atoms with Gasteiger partial charge >= 0.3 is 0 Å². The summed E-state index contributed by atoms with van der Waals surface area (Å²) in [6.45, 7) is 7.37. The first kappa shape index (κ1) is 14.9. The molecule has 0 bridgehead atoms. The van der Waals surface area contributed by atoms with Crippen molar-refractivity contribution >= 4 is 11.6 Å². The Bertz CT molecular complexity index is 473. The number of nitrogens with two attached hydrogens (primary N) is 1. The van der Waals surface area contributed by atoms with Gasteiger partial charge in [-0.3, -0.25) is 4.79 Å². The molecule has 2 unspecified atom stereocenters. The lowest BCUT2D eigenvalue weighted by molar-refractivity contribution is -0.120. The van der Waals surface area contributed by atoms with Crippen LogP contribution in [0.25, 0.3) is 0 Å². The summed E-state index contributed by atoms with van der Waals surface area (Å²) < 4.78 is 0. The van der Waals surface area contributed by atoms with E-state index in [2.05, 4.69) is 36.2 Å². The molecular weight excluding hydrogens is 250 g/mol. The van der Waals surface area contributed by atoms with E-state index in [1.165, 1.54) is 5.56 Å². The maximum absolute atomic E-state index is 12.1. The molecule has 1 aromatic carbocycles. The number of anilines is 1. The largest absolute Gasteiger partial charge is 0.360 e. The monoisotopic (exact) mass is 275 g/mol. The predicted octanol–water partition coefficient (Wildman–Crippen LogP) is 1.54. The molecule has 0 fully saturated rings. The van der Waals surface area contributed by atoms with E-state index >= 15 is 0 Å². The topological polar surface area (TPSA) is 58.4 Å². The maximum Gasteiger partial charge on any atom is 0.239 e. The Morgan fingerprint density at radius 3 is 2.80 bits per heavy atom. The third kappa shape index (κ3) is 3.51. The Hall–Kier alpha value is -1.55. The van der Waals surface area contributed by atoms with Gasteiger partial charge in [-0.05, 0) is 30.9 Å². The highest BCUT2D eigenvalue weighted by Crippen LogP contribution is 2.25. The fraction of sp³-hybridized carbons (Fsp3) is 0.562. The molecule has 1 aliphatic heterocycles. The molecule has 4 heteroatoms.